The number of amides is 1. The van der Waals surface area contributed by atoms with E-state index in [1.807, 2.05) is 58.0 Å². The minimum absolute atomic E-state index is 0.0826. The molecular formula is C28H28FN7OS. The molecule has 0 bridgehead atoms. The Morgan fingerprint density at radius 1 is 1.11 bits per heavy atom. The number of rotatable bonds is 7. The van der Waals surface area contributed by atoms with Gasteiger partial charge in [-0.2, -0.15) is 9.49 Å². The highest BCUT2D eigenvalue weighted by Crippen LogP contribution is 2.36. The van der Waals surface area contributed by atoms with Gasteiger partial charge < -0.3 is 10.3 Å². The third kappa shape index (κ3) is 5.50. The van der Waals surface area contributed by atoms with E-state index in [1.165, 1.54) is 0 Å². The number of para-hydroxylation sites is 1. The van der Waals surface area contributed by atoms with Crippen molar-refractivity contribution in [3.05, 3.63) is 72.8 Å². The quantitative estimate of drug-likeness (QED) is 0.203. The Morgan fingerprint density at radius 2 is 1.87 bits per heavy atom. The monoisotopic (exact) mass is 529 g/mol. The van der Waals surface area contributed by atoms with Gasteiger partial charge in [-0.05, 0) is 18.2 Å². The van der Waals surface area contributed by atoms with Crippen LogP contribution in [-0.4, -0.2) is 36.0 Å². The van der Waals surface area contributed by atoms with Crippen molar-refractivity contribution in [1.82, 2.24) is 30.1 Å². The van der Waals surface area contributed by atoms with Crippen LogP contribution in [0, 0.1) is 5.92 Å². The maximum Gasteiger partial charge on any atom is 0.226 e. The zero-order valence-corrected chi connectivity index (χ0v) is 22.4. The number of thioether (sulfide) groups is 1. The number of imidazole rings is 1. The highest BCUT2D eigenvalue weighted by molar-refractivity contribution is 8.11. The number of carbonyl (C=O) groups excluding carboxylic acids is 1. The van der Waals surface area contributed by atoms with Gasteiger partial charge in [-0.1, -0.05) is 64.7 Å². The SMILES string of the molecule is C=C(F)SC(=C)c1cccc2[nH]c(-c3[nH]nc4ncc(-c5cncc(NC(=O)C(C)C)c5)cc34)nc12.CC. The molecule has 0 saturated carbocycles. The maximum atomic E-state index is 13.4. The van der Waals surface area contributed by atoms with E-state index in [1.54, 1.807) is 18.6 Å². The standard InChI is InChI=1S/C26H22FN7OS.C2H6/c1-13(2)26(35)30-18-8-16(10-28-12-18)17-9-20-23(33-34-24(20)29-11-17)25-31-21-7-5-6-19(22(21)32-25)14(3)36-15(4)27;1-2/h5-13H,3-4H2,1-2H3,(H,30,35)(H,31,32)(H,29,33,34);1-2H3. The molecule has 0 spiro atoms. The lowest BCUT2D eigenvalue weighted by atomic mass is 10.1. The summed E-state index contributed by atoms with van der Waals surface area (Å²) in [4.78, 5) is 29.4. The molecule has 3 N–H and O–H groups in total. The maximum absolute atomic E-state index is 13.4. The Morgan fingerprint density at radius 3 is 2.61 bits per heavy atom. The number of H-pyrrole nitrogens is 2. The highest BCUT2D eigenvalue weighted by atomic mass is 32.2. The van der Waals surface area contributed by atoms with Gasteiger partial charge in [0.25, 0.3) is 0 Å². The smallest absolute Gasteiger partial charge is 0.226 e. The zero-order chi connectivity index (χ0) is 27.4. The second-order valence-electron chi connectivity index (χ2n) is 8.47. The van der Waals surface area contributed by atoms with Gasteiger partial charge in [-0.25, -0.2) is 9.97 Å². The van der Waals surface area contributed by atoms with Crippen LogP contribution in [0.2, 0.25) is 0 Å². The predicted octanol–water partition coefficient (Wildman–Crippen LogP) is 7.33. The minimum atomic E-state index is -0.534. The van der Waals surface area contributed by atoms with E-state index in [2.05, 4.69) is 43.6 Å². The van der Waals surface area contributed by atoms with Crippen LogP contribution in [0.1, 0.15) is 33.3 Å². The van der Waals surface area contributed by atoms with Gasteiger partial charge in [0.15, 0.2) is 16.6 Å². The van der Waals surface area contributed by atoms with Gasteiger partial charge in [0.1, 0.15) is 5.69 Å². The molecule has 194 valence electrons. The molecule has 0 aliphatic heterocycles. The summed E-state index contributed by atoms with van der Waals surface area (Å²) in [6.07, 6.45) is 5.03. The van der Waals surface area contributed by atoms with Crippen LogP contribution < -0.4 is 5.32 Å². The van der Waals surface area contributed by atoms with Crippen molar-refractivity contribution in [3.63, 3.8) is 0 Å². The van der Waals surface area contributed by atoms with Gasteiger partial charge >= 0.3 is 0 Å². The molecule has 10 heteroatoms. The number of benzene rings is 1. The molecule has 0 aliphatic rings. The Kier molecular flexibility index (Phi) is 8.02. The Balaban J connectivity index is 0.00000164. The van der Waals surface area contributed by atoms with E-state index in [9.17, 15) is 9.18 Å². The molecule has 0 radical (unpaired) electrons. The lowest BCUT2D eigenvalue weighted by Gasteiger charge is -2.09. The number of hydrogen-bond acceptors (Lipinski definition) is 6. The number of halogens is 1. The van der Waals surface area contributed by atoms with Crippen LogP contribution in [0.25, 0.3) is 49.6 Å². The summed E-state index contributed by atoms with van der Waals surface area (Å²) in [5, 5.41) is 10.4. The van der Waals surface area contributed by atoms with Gasteiger partial charge in [0, 0.05) is 39.9 Å². The topological polar surface area (TPSA) is 112 Å². The van der Waals surface area contributed by atoms with E-state index in [0.717, 1.165) is 33.8 Å². The van der Waals surface area contributed by atoms with E-state index < -0.39 is 5.16 Å². The van der Waals surface area contributed by atoms with Crippen molar-refractivity contribution in [2.24, 2.45) is 5.92 Å². The van der Waals surface area contributed by atoms with Gasteiger partial charge in [-0.15, -0.1) is 0 Å². The summed E-state index contributed by atoms with van der Waals surface area (Å²) in [5.74, 6) is 0.337. The van der Waals surface area contributed by atoms with Crippen molar-refractivity contribution < 1.29 is 9.18 Å². The molecule has 5 aromatic rings. The van der Waals surface area contributed by atoms with Gasteiger partial charge in [0.2, 0.25) is 5.91 Å². The number of nitrogens with zero attached hydrogens (tertiary/aromatic N) is 4. The van der Waals surface area contributed by atoms with Gasteiger partial charge in [0.05, 0.1) is 28.3 Å². The second-order valence-corrected chi connectivity index (χ2v) is 9.61. The van der Waals surface area contributed by atoms with Crippen LogP contribution in [0.5, 0.6) is 0 Å². The Labute approximate surface area is 223 Å². The fourth-order valence-electron chi connectivity index (χ4n) is 3.76. The summed E-state index contributed by atoms with van der Waals surface area (Å²) in [6.45, 7) is 14.9. The van der Waals surface area contributed by atoms with E-state index in [-0.39, 0.29) is 11.8 Å². The van der Waals surface area contributed by atoms with Crippen molar-refractivity contribution in [1.29, 1.82) is 0 Å². The fraction of sp³-hybridized carbons (Fsp3) is 0.179. The number of nitrogens with one attached hydrogen (secondary N) is 3. The first-order valence-electron chi connectivity index (χ1n) is 12.1. The average molecular weight is 530 g/mol. The third-order valence-corrected chi connectivity index (χ3v) is 6.24. The van der Waals surface area contributed by atoms with E-state index >= 15 is 0 Å². The first-order chi connectivity index (χ1) is 18.3. The molecule has 1 aromatic carbocycles. The minimum Gasteiger partial charge on any atom is -0.337 e. The number of pyridine rings is 2. The normalized spacial score (nSPS) is 10.9. The fourth-order valence-corrected chi connectivity index (χ4v) is 4.30. The molecule has 0 fully saturated rings. The molecule has 4 aromatic heterocycles. The molecule has 8 nitrogen and oxygen atoms in total. The Hall–Kier alpha value is -4.31. The summed E-state index contributed by atoms with van der Waals surface area (Å²) in [6, 6.07) is 9.39. The lowest BCUT2D eigenvalue weighted by molar-refractivity contribution is -0.118. The van der Waals surface area contributed by atoms with E-state index in [4.69, 9.17) is 4.98 Å². The lowest BCUT2D eigenvalue weighted by Crippen LogP contribution is -2.17. The predicted molar refractivity (Wildman–Crippen MR) is 154 cm³/mol. The molecule has 5 rings (SSSR count). The second kappa shape index (κ2) is 11.4. The molecule has 0 atom stereocenters. The number of aromatic amines is 2. The number of aromatic nitrogens is 6. The average Bonchev–Trinajstić information content (AvgIpc) is 3.53. The summed E-state index contributed by atoms with van der Waals surface area (Å²) < 4.78 is 13.4. The largest absolute Gasteiger partial charge is 0.337 e. The summed E-state index contributed by atoms with van der Waals surface area (Å²) in [5.41, 5.74) is 5.55. The van der Waals surface area contributed by atoms with Crippen LogP contribution in [0.3, 0.4) is 0 Å². The molecular weight excluding hydrogens is 501 g/mol. The van der Waals surface area contributed by atoms with Crippen LogP contribution in [0.4, 0.5) is 10.1 Å². The van der Waals surface area contributed by atoms with Crippen molar-refractivity contribution in [2.75, 3.05) is 5.32 Å². The highest BCUT2D eigenvalue weighted by Gasteiger charge is 2.17. The van der Waals surface area contributed by atoms with Crippen LogP contribution in [0.15, 0.2) is 67.2 Å². The Bertz CT molecular complexity index is 1650. The number of anilines is 1. The van der Waals surface area contributed by atoms with Crippen LogP contribution >= 0.6 is 11.8 Å². The molecule has 38 heavy (non-hydrogen) atoms. The van der Waals surface area contributed by atoms with Gasteiger partial charge in [-0.3, -0.25) is 14.9 Å². The number of carbonyl (C=O) groups is 1. The number of fused-ring (bicyclic) bond motifs is 2. The molecule has 1 amide bonds. The number of hydrogen-bond donors (Lipinski definition) is 3. The first kappa shape index (κ1) is 26.7. The molecule has 0 saturated heterocycles. The van der Waals surface area contributed by atoms with Crippen LogP contribution in [-0.2, 0) is 4.79 Å². The van der Waals surface area contributed by atoms with Crippen molar-refractivity contribution in [2.45, 2.75) is 27.7 Å². The van der Waals surface area contributed by atoms with E-state index in [0.29, 0.717) is 38.8 Å². The summed E-state index contributed by atoms with van der Waals surface area (Å²) in [7, 11) is 0. The summed E-state index contributed by atoms with van der Waals surface area (Å²) >= 11 is 0.866. The van der Waals surface area contributed by atoms with Crippen molar-refractivity contribution in [3.8, 4) is 22.6 Å². The molecule has 4 heterocycles. The first-order valence-corrected chi connectivity index (χ1v) is 12.9. The molecule has 0 unspecified atom stereocenters. The van der Waals surface area contributed by atoms with Crippen molar-refractivity contribution >= 4 is 50.3 Å². The molecule has 0 aliphatic carbocycles. The third-order valence-electron chi connectivity index (χ3n) is 5.56. The zero-order valence-electron chi connectivity index (χ0n) is 21.6.